The maximum absolute atomic E-state index is 13.1. The molecule has 2 aromatic heterocycles. The van der Waals surface area contributed by atoms with Crippen LogP contribution >= 0.6 is 0 Å². The van der Waals surface area contributed by atoms with E-state index < -0.39 is 23.4 Å². The number of hydrogen-bond donors (Lipinski definition) is 1. The second-order valence-corrected chi connectivity index (χ2v) is 9.78. The molecule has 182 valence electrons. The molecule has 1 aromatic carbocycles. The molecular weight excluding hydrogens is 445 g/mol. The third kappa shape index (κ3) is 4.80. The Morgan fingerprint density at radius 1 is 1.15 bits per heavy atom. The minimum Gasteiger partial charge on any atom is -0.386 e. The van der Waals surface area contributed by atoms with Crippen LogP contribution in [0.2, 0.25) is 0 Å². The summed E-state index contributed by atoms with van der Waals surface area (Å²) in [6.07, 6.45) is 1.65. The van der Waals surface area contributed by atoms with Crippen molar-refractivity contribution in [2.75, 3.05) is 11.9 Å². The quantitative estimate of drug-likeness (QED) is 0.526. The number of anilines is 1. The van der Waals surface area contributed by atoms with Crippen molar-refractivity contribution in [2.45, 2.75) is 64.3 Å². The standard InChI is InChI=1S/C25H29F3N4O2/c1-15-8-10-17(11-9-15)32-14-16-12-21(18(24(2,3)34)13-20(16)30-32)31(4)23(33)19-6-5-7-22(29-19)25(26,27)28/h5-7,12-15,17,34H,8-11H2,1-4H3/t15-,17-. The van der Waals surface area contributed by atoms with Gasteiger partial charge in [-0.05, 0) is 69.7 Å². The van der Waals surface area contributed by atoms with Crippen molar-refractivity contribution < 1.29 is 23.1 Å². The second kappa shape index (κ2) is 8.69. The molecule has 0 aliphatic heterocycles. The first-order valence-corrected chi connectivity index (χ1v) is 11.4. The van der Waals surface area contributed by atoms with Crippen molar-refractivity contribution in [3.63, 3.8) is 0 Å². The van der Waals surface area contributed by atoms with Gasteiger partial charge in [0.2, 0.25) is 0 Å². The van der Waals surface area contributed by atoms with Crippen molar-refractivity contribution in [1.29, 1.82) is 0 Å². The summed E-state index contributed by atoms with van der Waals surface area (Å²) >= 11 is 0. The van der Waals surface area contributed by atoms with Crippen LogP contribution in [0.3, 0.4) is 0 Å². The van der Waals surface area contributed by atoms with Crippen LogP contribution in [0.4, 0.5) is 18.9 Å². The maximum Gasteiger partial charge on any atom is 0.433 e. The minimum absolute atomic E-state index is 0.298. The minimum atomic E-state index is -4.66. The first-order chi connectivity index (χ1) is 15.8. The van der Waals surface area contributed by atoms with Crippen LogP contribution in [-0.4, -0.2) is 32.8 Å². The smallest absolute Gasteiger partial charge is 0.386 e. The number of halogens is 3. The van der Waals surface area contributed by atoms with Gasteiger partial charge < -0.3 is 10.0 Å². The number of fused-ring (bicyclic) bond motifs is 1. The molecule has 1 N–H and O–H groups in total. The molecule has 34 heavy (non-hydrogen) atoms. The Hall–Kier alpha value is -2.94. The Labute approximate surface area is 196 Å². The van der Waals surface area contributed by atoms with Crippen molar-refractivity contribution in [3.8, 4) is 0 Å². The molecule has 1 saturated carbocycles. The summed E-state index contributed by atoms with van der Waals surface area (Å²) in [6.45, 7) is 5.44. The molecule has 0 saturated heterocycles. The number of alkyl halides is 3. The number of carbonyl (C=O) groups excluding carboxylic acids is 1. The molecule has 0 spiro atoms. The Bertz CT molecular complexity index is 1210. The monoisotopic (exact) mass is 474 g/mol. The van der Waals surface area contributed by atoms with Crippen LogP contribution in [0.5, 0.6) is 0 Å². The van der Waals surface area contributed by atoms with Gasteiger partial charge in [0, 0.05) is 24.2 Å². The van der Waals surface area contributed by atoms with E-state index >= 15 is 0 Å². The van der Waals surface area contributed by atoms with Crippen molar-refractivity contribution in [2.24, 2.45) is 5.92 Å². The normalized spacial score (nSPS) is 19.4. The lowest BCUT2D eigenvalue weighted by Crippen LogP contribution is -2.31. The molecule has 1 aliphatic rings. The van der Waals surface area contributed by atoms with E-state index in [1.54, 1.807) is 26.0 Å². The van der Waals surface area contributed by atoms with E-state index in [2.05, 4.69) is 11.9 Å². The summed E-state index contributed by atoms with van der Waals surface area (Å²) < 4.78 is 41.3. The van der Waals surface area contributed by atoms with E-state index in [4.69, 9.17) is 5.10 Å². The van der Waals surface area contributed by atoms with E-state index in [1.165, 1.54) is 18.0 Å². The third-order valence-corrected chi connectivity index (χ3v) is 6.58. The van der Waals surface area contributed by atoms with Crippen LogP contribution in [-0.2, 0) is 11.8 Å². The van der Waals surface area contributed by atoms with Gasteiger partial charge in [0.15, 0.2) is 0 Å². The number of rotatable bonds is 4. The predicted octanol–water partition coefficient (Wildman–Crippen LogP) is 5.71. The summed E-state index contributed by atoms with van der Waals surface area (Å²) in [4.78, 5) is 17.9. The fourth-order valence-electron chi connectivity index (χ4n) is 4.53. The van der Waals surface area contributed by atoms with Crippen molar-refractivity contribution in [1.82, 2.24) is 14.8 Å². The number of nitrogens with zero attached hydrogens (tertiary/aromatic N) is 4. The van der Waals surface area contributed by atoms with Crippen LogP contribution in [0.15, 0.2) is 36.5 Å². The Balaban J connectivity index is 1.73. The highest BCUT2D eigenvalue weighted by molar-refractivity contribution is 6.06. The number of aliphatic hydroxyl groups is 1. The maximum atomic E-state index is 13.1. The number of pyridine rings is 1. The van der Waals surface area contributed by atoms with Gasteiger partial charge >= 0.3 is 6.18 Å². The van der Waals surface area contributed by atoms with Crippen LogP contribution in [0.1, 0.15) is 74.2 Å². The van der Waals surface area contributed by atoms with E-state index in [1.807, 2.05) is 10.9 Å². The molecule has 4 rings (SSSR count). The first kappa shape index (κ1) is 24.2. The fourth-order valence-corrected chi connectivity index (χ4v) is 4.53. The fraction of sp³-hybridized carbons (Fsp3) is 0.480. The van der Waals surface area contributed by atoms with Crippen LogP contribution in [0, 0.1) is 5.92 Å². The zero-order valence-corrected chi connectivity index (χ0v) is 19.7. The van der Waals surface area contributed by atoms with Gasteiger partial charge in [0.25, 0.3) is 5.91 Å². The van der Waals surface area contributed by atoms with Crippen molar-refractivity contribution >= 4 is 22.5 Å². The largest absolute Gasteiger partial charge is 0.433 e. The van der Waals surface area contributed by atoms with E-state index in [0.29, 0.717) is 28.7 Å². The molecule has 0 radical (unpaired) electrons. The molecule has 2 heterocycles. The first-order valence-electron chi connectivity index (χ1n) is 11.4. The lowest BCUT2D eigenvalue weighted by Gasteiger charge is -2.27. The zero-order chi connectivity index (χ0) is 24.8. The highest BCUT2D eigenvalue weighted by atomic mass is 19.4. The second-order valence-electron chi connectivity index (χ2n) is 9.78. The van der Waals surface area contributed by atoms with Crippen LogP contribution in [0.25, 0.3) is 10.9 Å². The summed E-state index contributed by atoms with van der Waals surface area (Å²) in [7, 11) is 1.47. The van der Waals surface area contributed by atoms with Gasteiger partial charge in [0.05, 0.1) is 22.8 Å². The molecule has 0 atom stereocenters. The topological polar surface area (TPSA) is 71.2 Å². The molecule has 1 amide bonds. The number of amides is 1. The molecule has 1 aliphatic carbocycles. The highest BCUT2D eigenvalue weighted by Crippen LogP contribution is 2.37. The summed E-state index contributed by atoms with van der Waals surface area (Å²) in [5, 5.41) is 16.4. The summed E-state index contributed by atoms with van der Waals surface area (Å²) in [5.41, 5.74) is -1.24. The highest BCUT2D eigenvalue weighted by Gasteiger charge is 2.34. The van der Waals surface area contributed by atoms with Gasteiger partial charge in [-0.25, -0.2) is 4.98 Å². The lowest BCUT2D eigenvalue weighted by atomic mass is 9.87. The average Bonchev–Trinajstić information content (AvgIpc) is 3.20. The Morgan fingerprint density at radius 3 is 2.44 bits per heavy atom. The molecular formula is C25H29F3N4O2. The number of aromatic nitrogens is 3. The van der Waals surface area contributed by atoms with E-state index in [9.17, 15) is 23.1 Å². The third-order valence-electron chi connectivity index (χ3n) is 6.58. The van der Waals surface area contributed by atoms with Crippen molar-refractivity contribution in [3.05, 3.63) is 53.5 Å². The van der Waals surface area contributed by atoms with Crippen LogP contribution < -0.4 is 4.90 Å². The average molecular weight is 475 g/mol. The Morgan fingerprint density at radius 2 is 1.82 bits per heavy atom. The molecule has 1 fully saturated rings. The predicted molar refractivity (Wildman–Crippen MR) is 124 cm³/mol. The molecule has 0 bridgehead atoms. The van der Waals surface area contributed by atoms with Gasteiger partial charge in [-0.1, -0.05) is 13.0 Å². The van der Waals surface area contributed by atoms with Gasteiger partial charge in [-0.3, -0.25) is 9.48 Å². The molecule has 6 nitrogen and oxygen atoms in total. The van der Waals surface area contributed by atoms with E-state index in [0.717, 1.165) is 43.2 Å². The SMILES string of the molecule is CN(C(=O)c1cccc(C(F)(F)F)n1)c1cc2cn([C@H]3CC[C@H](C)CC3)nc2cc1C(C)(C)O. The van der Waals surface area contributed by atoms with Gasteiger partial charge in [0.1, 0.15) is 11.4 Å². The zero-order valence-electron chi connectivity index (χ0n) is 19.7. The lowest BCUT2D eigenvalue weighted by molar-refractivity contribution is -0.141. The molecule has 3 aromatic rings. The van der Waals surface area contributed by atoms with Gasteiger partial charge in [-0.2, -0.15) is 18.3 Å². The summed E-state index contributed by atoms with van der Waals surface area (Å²) in [5.74, 6) is 0.00310. The number of benzene rings is 1. The van der Waals surface area contributed by atoms with Gasteiger partial charge in [-0.15, -0.1) is 0 Å². The number of carbonyl (C=O) groups is 1. The molecule has 0 unspecified atom stereocenters. The molecule has 9 heteroatoms. The summed E-state index contributed by atoms with van der Waals surface area (Å²) in [6, 6.07) is 7.03. The van der Waals surface area contributed by atoms with E-state index in [-0.39, 0.29) is 5.69 Å². The Kier molecular flexibility index (Phi) is 6.18. The number of hydrogen-bond acceptors (Lipinski definition) is 4.